The lowest BCUT2D eigenvalue weighted by Gasteiger charge is -2.01. The summed E-state index contributed by atoms with van der Waals surface area (Å²) in [6.07, 6.45) is 3.08. The van der Waals surface area contributed by atoms with Crippen LogP contribution in [0.3, 0.4) is 0 Å². The number of aryl methyl sites for hydroxylation is 1. The zero-order valence-electron chi connectivity index (χ0n) is 7.64. The average Bonchev–Trinajstić information content (AvgIpc) is 2.67. The van der Waals surface area contributed by atoms with Gasteiger partial charge in [-0.15, -0.1) is 0 Å². The van der Waals surface area contributed by atoms with Gasteiger partial charge in [0.05, 0.1) is 0 Å². The number of aromatic amines is 1. The zero-order valence-corrected chi connectivity index (χ0v) is 7.64. The highest BCUT2D eigenvalue weighted by molar-refractivity contribution is 5.03. The molecular formula is C8H9N5O. The van der Waals surface area contributed by atoms with E-state index in [1.807, 2.05) is 6.92 Å². The third kappa shape index (κ3) is 2.03. The van der Waals surface area contributed by atoms with Crippen LogP contribution in [-0.4, -0.2) is 25.1 Å². The van der Waals surface area contributed by atoms with Crippen LogP contribution in [0.2, 0.25) is 0 Å². The van der Waals surface area contributed by atoms with Gasteiger partial charge in [0.25, 0.3) is 0 Å². The Kier molecular flexibility index (Phi) is 2.35. The van der Waals surface area contributed by atoms with E-state index in [2.05, 4.69) is 25.1 Å². The van der Waals surface area contributed by atoms with Gasteiger partial charge in [-0.05, 0) is 13.0 Å². The van der Waals surface area contributed by atoms with Crippen LogP contribution in [-0.2, 0) is 6.61 Å². The second kappa shape index (κ2) is 3.82. The van der Waals surface area contributed by atoms with Crippen LogP contribution in [0.1, 0.15) is 11.5 Å². The van der Waals surface area contributed by atoms with Gasteiger partial charge < -0.3 is 4.74 Å². The molecule has 0 atom stereocenters. The Morgan fingerprint density at radius 2 is 2.36 bits per heavy atom. The number of hydrogen-bond donors (Lipinski definition) is 1. The van der Waals surface area contributed by atoms with E-state index in [1.165, 1.54) is 6.33 Å². The van der Waals surface area contributed by atoms with Crippen molar-refractivity contribution in [3.8, 4) is 6.01 Å². The molecule has 0 aliphatic carbocycles. The van der Waals surface area contributed by atoms with Crippen LogP contribution in [0.15, 0.2) is 18.6 Å². The van der Waals surface area contributed by atoms with E-state index in [0.717, 1.165) is 5.69 Å². The molecule has 6 nitrogen and oxygen atoms in total. The van der Waals surface area contributed by atoms with Crippen molar-refractivity contribution in [3.63, 3.8) is 0 Å². The first-order chi connectivity index (χ1) is 6.84. The molecule has 0 saturated carbocycles. The fourth-order valence-electron chi connectivity index (χ4n) is 0.929. The van der Waals surface area contributed by atoms with E-state index in [9.17, 15) is 0 Å². The lowest BCUT2D eigenvalue weighted by atomic mass is 10.5. The van der Waals surface area contributed by atoms with Crippen molar-refractivity contribution in [3.05, 3.63) is 30.1 Å². The molecule has 0 saturated heterocycles. The molecule has 14 heavy (non-hydrogen) atoms. The number of rotatable bonds is 3. The first-order valence-electron chi connectivity index (χ1n) is 4.11. The summed E-state index contributed by atoms with van der Waals surface area (Å²) in [6, 6.07) is 2.16. The third-order valence-corrected chi connectivity index (χ3v) is 1.58. The van der Waals surface area contributed by atoms with E-state index >= 15 is 0 Å². The largest absolute Gasteiger partial charge is 0.455 e. The summed E-state index contributed by atoms with van der Waals surface area (Å²) in [4.78, 5) is 11.9. The Labute approximate surface area is 80.4 Å². The minimum Gasteiger partial charge on any atom is -0.455 e. The maximum Gasteiger partial charge on any atom is 0.316 e. The molecule has 0 radical (unpaired) electrons. The summed E-state index contributed by atoms with van der Waals surface area (Å²) in [5, 5.41) is 6.38. The molecule has 6 heteroatoms. The number of nitrogens with one attached hydrogen (secondary N) is 1. The molecule has 0 amide bonds. The molecule has 2 rings (SSSR count). The molecule has 1 N–H and O–H groups in total. The highest BCUT2D eigenvalue weighted by Gasteiger charge is 1.99. The molecular weight excluding hydrogens is 182 g/mol. The number of nitrogens with zero attached hydrogens (tertiary/aromatic N) is 4. The van der Waals surface area contributed by atoms with E-state index in [4.69, 9.17) is 4.74 Å². The van der Waals surface area contributed by atoms with Gasteiger partial charge >= 0.3 is 6.01 Å². The van der Waals surface area contributed by atoms with Gasteiger partial charge in [0.15, 0.2) is 12.4 Å². The number of aromatic nitrogens is 5. The zero-order chi connectivity index (χ0) is 9.80. The van der Waals surface area contributed by atoms with Crippen LogP contribution < -0.4 is 4.74 Å². The highest BCUT2D eigenvalue weighted by atomic mass is 16.5. The second-order valence-corrected chi connectivity index (χ2v) is 2.70. The molecule has 0 unspecified atom stereocenters. The van der Waals surface area contributed by atoms with Gasteiger partial charge in [0.1, 0.15) is 6.33 Å². The Hall–Kier alpha value is -1.98. The highest BCUT2D eigenvalue weighted by Crippen LogP contribution is 2.03. The van der Waals surface area contributed by atoms with E-state index < -0.39 is 0 Å². The molecule has 0 spiro atoms. The Morgan fingerprint density at radius 3 is 3.07 bits per heavy atom. The van der Waals surface area contributed by atoms with Gasteiger partial charge in [-0.3, -0.25) is 5.10 Å². The van der Waals surface area contributed by atoms with Gasteiger partial charge in [-0.25, -0.2) is 15.0 Å². The quantitative estimate of drug-likeness (QED) is 0.763. The third-order valence-electron chi connectivity index (χ3n) is 1.58. The lowest BCUT2D eigenvalue weighted by Crippen LogP contribution is -2.01. The molecule has 2 aromatic rings. The average molecular weight is 191 g/mol. The summed E-state index contributed by atoms with van der Waals surface area (Å²) in [5.74, 6) is 0.648. The van der Waals surface area contributed by atoms with Gasteiger partial charge in [0, 0.05) is 11.9 Å². The summed E-state index contributed by atoms with van der Waals surface area (Å²) in [7, 11) is 0. The van der Waals surface area contributed by atoms with E-state index in [-0.39, 0.29) is 0 Å². The SMILES string of the molecule is Cc1ccnc(OCc2ncn[nH]2)n1. The van der Waals surface area contributed by atoms with Crippen molar-refractivity contribution in [2.75, 3.05) is 0 Å². The number of H-pyrrole nitrogens is 1. The van der Waals surface area contributed by atoms with E-state index in [0.29, 0.717) is 18.4 Å². The Morgan fingerprint density at radius 1 is 1.43 bits per heavy atom. The minimum atomic E-state index is 0.295. The fraction of sp³-hybridized carbons (Fsp3) is 0.250. The summed E-state index contributed by atoms with van der Waals surface area (Å²) in [5.41, 5.74) is 0.868. The normalized spacial score (nSPS) is 10.1. The van der Waals surface area contributed by atoms with Crippen molar-refractivity contribution in [2.24, 2.45) is 0 Å². The van der Waals surface area contributed by atoms with Crippen molar-refractivity contribution < 1.29 is 4.74 Å². The van der Waals surface area contributed by atoms with Crippen LogP contribution in [0, 0.1) is 6.92 Å². The first-order valence-corrected chi connectivity index (χ1v) is 4.11. The summed E-state index contributed by atoms with van der Waals surface area (Å²) in [6.45, 7) is 2.17. The summed E-state index contributed by atoms with van der Waals surface area (Å²) >= 11 is 0. The van der Waals surface area contributed by atoms with Crippen molar-refractivity contribution in [1.82, 2.24) is 25.1 Å². The maximum absolute atomic E-state index is 5.28. The second-order valence-electron chi connectivity index (χ2n) is 2.70. The van der Waals surface area contributed by atoms with Crippen LogP contribution in [0.5, 0.6) is 6.01 Å². The molecule has 0 aliphatic heterocycles. The molecule has 0 aliphatic rings. The Balaban J connectivity index is 1.98. The molecule has 0 aromatic carbocycles. The molecule has 2 heterocycles. The van der Waals surface area contributed by atoms with Crippen molar-refractivity contribution in [2.45, 2.75) is 13.5 Å². The van der Waals surface area contributed by atoms with Crippen LogP contribution in [0.4, 0.5) is 0 Å². The van der Waals surface area contributed by atoms with E-state index in [1.54, 1.807) is 12.3 Å². The predicted molar refractivity (Wildman–Crippen MR) is 47.5 cm³/mol. The lowest BCUT2D eigenvalue weighted by molar-refractivity contribution is 0.271. The topological polar surface area (TPSA) is 76.6 Å². The van der Waals surface area contributed by atoms with Crippen LogP contribution in [0.25, 0.3) is 0 Å². The molecule has 72 valence electrons. The molecule has 0 bridgehead atoms. The monoisotopic (exact) mass is 191 g/mol. The summed E-state index contributed by atoms with van der Waals surface area (Å²) < 4.78 is 5.28. The minimum absolute atomic E-state index is 0.295. The van der Waals surface area contributed by atoms with Gasteiger partial charge in [0.2, 0.25) is 0 Å². The molecule has 0 fully saturated rings. The Bertz CT molecular complexity index is 400. The number of hydrogen-bond acceptors (Lipinski definition) is 5. The first kappa shape index (κ1) is 8.61. The van der Waals surface area contributed by atoms with Crippen molar-refractivity contribution >= 4 is 0 Å². The molecule has 2 aromatic heterocycles. The van der Waals surface area contributed by atoms with Gasteiger partial charge in [-0.1, -0.05) is 0 Å². The number of ether oxygens (including phenoxy) is 1. The van der Waals surface area contributed by atoms with Crippen molar-refractivity contribution in [1.29, 1.82) is 0 Å². The standard InChI is InChI=1S/C8H9N5O/c1-6-2-3-9-8(12-6)14-4-7-10-5-11-13-7/h2-3,5H,4H2,1H3,(H,10,11,13). The predicted octanol–water partition coefficient (Wildman–Crippen LogP) is 0.482. The van der Waals surface area contributed by atoms with Crippen LogP contribution >= 0.6 is 0 Å². The smallest absolute Gasteiger partial charge is 0.316 e. The van der Waals surface area contributed by atoms with Gasteiger partial charge in [-0.2, -0.15) is 5.10 Å². The fourth-order valence-corrected chi connectivity index (χ4v) is 0.929. The maximum atomic E-state index is 5.28.